The molecule has 1 unspecified atom stereocenters. The van der Waals surface area contributed by atoms with Crippen molar-refractivity contribution in [3.63, 3.8) is 0 Å². The lowest BCUT2D eigenvalue weighted by molar-refractivity contribution is -0.154. The van der Waals surface area contributed by atoms with E-state index in [-0.39, 0.29) is 55.8 Å². The van der Waals surface area contributed by atoms with Gasteiger partial charge in [-0.25, -0.2) is 0 Å². The van der Waals surface area contributed by atoms with Gasteiger partial charge in [-0.2, -0.15) is 0 Å². The van der Waals surface area contributed by atoms with Gasteiger partial charge in [0.1, 0.15) is 60.4 Å². The Bertz CT molecular complexity index is 2290. The van der Waals surface area contributed by atoms with E-state index < -0.39 is 156 Å². The number of rotatable bonds is 15. The van der Waals surface area contributed by atoms with Gasteiger partial charge in [0, 0.05) is 42.3 Å². The van der Waals surface area contributed by atoms with Crippen LogP contribution in [-0.4, -0.2) is 215 Å². The second-order valence-electron chi connectivity index (χ2n) is 25.7. The zero-order valence-electron chi connectivity index (χ0n) is 55.1. The van der Waals surface area contributed by atoms with Crippen LogP contribution < -0.4 is 26.6 Å². The molecule has 1 fully saturated rings. The van der Waals surface area contributed by atoms with Crippen LogP contribution in [0.3, 0.4) is 0 Å². The predicted molar refractivity (Wildman–Crippen MR) is 324 cm³/mol. The van der Waals surface area contributed by atoms with Crippen LogP contribution in [0.2, 0.25) is 0 Å². The molecular weight excluding hydrogens is 1080 g/mol. The normalized spacial score (nSPS) is 27.0. The highest BCUT2D eigenvalue weighted by atomic mass is 16.3. The number of aliphatic hydroxyl groups is 1. The smallest absolute Gasteiger partial charge is 0.246 e. The van der Waals surface area contributed by atoms with Gasteiger partial charge in [-0.1, -0.05) is 109 Å². The summed E-state index contributed by atoms with van der Waals surface area (Å²) in [5, 5.41) is 25.9. The van der Waals surface area contributed by atoms with Gasteiger partial charge >= 0.3 is 0 Å². The van der Waals surface area contributed by atoms with E-state index in [1.54, 1.807) is 60.6 Å². The predicted octanol–water partition coefficient (Wildman–Crippen LogP) is 2.93. The van der Waals surface area contributed by atoms with Crippen molar-refractivity contribution in [1.29, 1.82) is 0 Å². The summed E-state index contributed by atoms with van der Waals surface area (Å²) >= 11 is 0. The summed E-state index contributed by atoms with van der Waals surface area (Å²) in [6.45, 7) is 29.2. The molecule has 0 aromatic carbocycles. The second kappa shape index (κ2) is 34.7. The minimum Gasteiger partial charge on any atom is -0.390 e. The van der Waals surface area contributed by atoms with E-state index in [0.29, 0.717) is 6.42 Å². The van der Waals surface area contributed by atoms with Gasteiger partial charge in [-0.05, 0) is 101 Å². The van der Waals surface area contributed by atoms with Crippen LogP contribution in [0.15, 0.2) is 12.2 Å². The van der Waals surface area contributed by atoms with Crippen molar-refractivity contribution in [3.05, 3.63) is 12.2 Å². The highest BCUT2D eigenvalue weighted by molar-refractivity contribution is 5.99. The lowest BCUT2D eigenvalue weighted by Crippen LogP contribution is -2.63. The maximum Gasteiger partial charge on any atom is 0.246 e. The van der Waals surface area contributed by atoms with Crippen molar-refractivity contribution in [1.82, 2.24) is 56.0 Å². The fraction of sp³-hybridized carbons (Fsp3) is 0.787. The summed E-state index contributed by atoms with van der Waals surface area (Å²) in [6.07, 6.45) is 3.00. The Balaban J connectivity index is 4.27. The van der Waals surface area contributed by atoms with Crippen molar-refractivity contribution >= 4 is 65.0 Å². The third-order valence-corrected chi connectivity index (χ3v) is 15.6. The average Bonchev–Trinajstić information content (AvgIpc) is 3.47. The molecule has 1 heterocycles. The van der Waals surface area contributed by atoms with E-state index >= 15 is 4.79 Å². The molecule has 1 aliphatic rings. The molecule has 1 saturated heterocycles. The number of likely N-dealkylation sites (N-methyl/N-ethyl adjacent to an activating group) is 6. The van der Waals surface area contributed by atoms with Crippen LogP contribution >= 0.6 is 0 Å². The number of nitrogens with zero attached hydrogens (tertiary/aromatic N) is 6. The highest BCUT2D eigenvalue weighted by Crippen LogP contribution is 2.24. The molecule has 0 bridgehead atoms. The summed E-state index contributed by atoms with van der Waals surface area (Å²) in [6, 6.07) is -12.4. The molecule has 11 amide bonds. The Morgan fingerprint density at radius 3 is 1.35 bits per heavy atom. The summed E-state index contributed by atoms with van der Waals surface area (Å²) in [7, 11) is 8.39. The molecule has 84 heavy (non-hydrogen) atoms. The molecule has 12 atom stereocenters. The van der Waals surface area contributed by atoms with Crippen LogP contribution in [0, 0.1) is 41.4 Å². The van der Waals surface area contributed by atoms with Gasteiger partial charge in [0.2, 0.25) is 65.0 Å². The Morgan fingerprint density at radius 2 is 0.893 bits per heavy atom. The van der Waals surface area contributed by atoms with Crippen LogP contribution in [0.5, 0.6) is 0 Å². The summed E-state index contributed by atoms with van der Waals surface area (Å²) < 4.78 is 0. The minimum atomic E-state index is -1.61. The standard InChI is InChI=1S/C61H109N11O12/c1-24-26-27-39(15)51(74)50-56(79)64-42(25-2)58(81)67(18)32-47(73)68(19)44(29-34(5)6)55(78)66-48(37(11)12)60(83)70(21)45(30-35(7)8)53(76)62-40(16)52(75)63-41(17)57(80)69(20)46(31-36(9)10)54(77)65-43(28-33(3)4)59(82)71(22)49(38(13)14)61(84)72(50)23/h24,26,33-46,48-51,74H,25,27-32H2,1-23H3,(H,62,76)(H,63,75)(H,64,79)(H,65,77)(H,66,78)/b26-24+/t39-,40+,41-,42+,43+,44+,45+,46?,48+,49+,50+,51-/m1/s1. The van der Waals surface area contributed by atoms with Crippen molar-refractivity contribution in [3.8, 4) is 0 Å². The number of hydrogen-bond donors (Lipinski definition) is 6. The van der Waals surface area contributed by atoms with E-state index in [2.05, 4.69) is 26.6 Å². The van der Waals surface area contributed by atoms with E-state index in [1.165, 1.54) is 75.7 Å². The third kappa shape index (κ3) is 21.7. The molecule has 23 nitrogen and oxygen atoms in total. The van der Waals surface area contributed by atoms with Gasteiger partial charge in [-0.15, -0.1) is 0 Å². The van der Waals surface area contributed by atoms with E-state index in [4.69, 9.17) is 0 Å². The Hall–Kier alpha value is -6.13. The maximum absolute atomic E-state index is 15.0. The largest absolute Gasteiger partial charge is 0.390 e. The van der Waals surface area contributed by atoms with E-state index in [1.807, 2.05) is 55.4 Å². The van der Waals surface area contributed by atoms with Crippen LogP contribution in [0.4, 0.5) is 0 Å². The molecule has 0 radical (unpaired) electrons. The second-order valence-corrected chi connectivity index (χ2v) is 25.7. The van der Waals surface area contributed by atoms with Crippen molar-refractivity contribution < 1.29 is 57.8 Å². The quantitative estimate of drug-likeness (QED) is 0.129. The van der Waals surface area contributed by atoms with Crippen LogP contribution in [0.25, 0.3) is 0 Å². The minimum absolute atomic E-state index is 0.0224. The first-order valence-corrected chi connectivity index (χ1v) is 30.2. The zero-order valence-corrected chi connectivity index (χ0v) is 55.1. The molecule has 480 valence electrons. The Morgan fingerprint density at radius 1 is 0.464 bits per heavy atom. The first-order valence-electron chi connectivity index (χ1n) is 30.2. The third-order valence-electron chi connectivity index (χ3n) is 15.6. The topological polar surface area (TPSA) is 288 Å². The summed E-state index contributed by atoms with van der Waals surface area (Å²) in [5.74, 6) is -9.87. The molecule has 23 heteroatoms. The van der Waals surface area contributed by atoms with Gasteiger partial charge in [0.05, 0.1) is 12.6 Å². The van der Waals surface area contributed by atoms with Crippen molar-refractivity contribution in [2.45, 2.75) is 223 Å². The fourth-order valence-corrected chi connectivity index (χ4v) is 10.4. The number of carbonyl (C=O) groups is 11. The van der Waals surface area contributed by atoms with Gasteiger partial charge in [0.25, 0.3) is 0 Å². The number of nitrogens with one attached hydrogen (secondary N) is 5. The molecule has 1 rings (SSSR count). The summed E-state index contributed by atoms with van der Waals surface area (Å²) in [5.41, 5.74) is 0. The molecule has 0 aromatic rings. The molecule has 0 aromatic heterocycles. The van der Waals surface area contributed by atoms with E-state index in [0.717, 1.165) is 9.80 Å². The Labute approximate surface area is 502 Å². The van der Waals surface area contributed by atoms with Gasteiger partial charge in [-0.3, -0.25) is 52.7 Å². The molecule has 0 spiro atoms. The highest BCUT2D eigenvalue weighted by Gasteiger charge is 2.45. The van der Waals surface area contributed by atoms with Crippen LogP contribution in [0.1, 0.15) is 156 Å². The van der Waals surface area contributed by atoms with Gasteiger partial charge in [0.15, 0.2) is 0 Å². The number of hydrogen-bond acceptors (Lipinski definition) is 12. The number of amides is 11. The molecule has 0 saturated carbocycles. The maximum atomic E-state index is 15.0. The summed E-state index contributed by atoms with van der Waals surface area (Å²) in [4.78, 5) is 166. The zero-order chi connectivity index (χ0) is 65.1. The number of allylic oxidation sites excluding steroid dienone is 2. The molecule has 1 aliphatic heterocycles. The number of carbonyl (C=O) groups excluding carboxylic acids is 11. The first kappa shape index (κ1) is 75.9. The molecule has 0 aliphatic carbocycles. The number of aliphatic hydroxyl groups excluding tert-OH is 1. The molecular formula is C61H109N11O12. The Kier molecular flexibility index (Phi) is 31.4. The van der Waals surface area contributed by atoms with E-state index in [9.17, 15) is 53.1 Å². The van der Waals surface area contributed by atoms with Crippen LogP contribution in [-0.2, 0) is 52.7 Å². The van der Waals surface area contributed by atoms with Crippen molar-refractivity contribution in [2.24, 2.45) is 41.4 Å². The lowest BCUT2D eigenvalue weighted by Gasteiger charge is -2.40. The average molecular weight is 1190 g/mol. The monoisotopic (exact) mass is 1190 g/mol. The molecule has 6 N–H and O–H groups in total. The SMILES string of the molecule is C/C=C/C[C@@H](C)[C@@H](O)[C@H]1C(=O)N[C@@H](CC)C(=O)N(C)CC(=O)N(C)[C@@H](CC(C)C)C(=O)N[C@@H](C(C)C)C(=O)N(C)[C@@H](CC(C)C)C(=O)N[C@@H](C)C(=O)N[C@H](C)C(=O)N(C)C(CC(C)C)C(=O)N[C@@H](CC(C)C)C(=O)N(C)[C@@H](C(C)C)C(=O)N1C. The first-order chi connectivity index (χ1) is 38.8. The lowest BCUT2D eigenvalue weighted by atomic mass is 9.91. The van der Waals surface area contributed by atoms with Crippen molar-refractivity contribution in [2.75, 3.05) is 48.8 Å². The van der Waals surface area contributed by atoms with Gasteiger partial charge < -0.3 is 61.1 Å². The fourth-order valence-electron chi connectivity index (χ4n) is 10.4.